The van der Waals surface area contributed by atoms with Gasteiger partial charge in [0, 0.05) is 12.1 Å². The van der Waals surface area contributed by atoms with Crippen LogP contribution in [0.5, 0.6) is 11.5 Å². The van der Waals surface area contributed by atoms with E-state index in [0.717, 1.165) is 16.5 Å². The van der Waals surface area contributed by atoms with Crippen molar-refractivity contribution in [2.24, 2.45) is 5.73 Å². The summed E-state index contributed by atoms with van der Waals surface area (Å²) in [6.45, 7) is 1.95. The molecule has 1 atom stereocenters. The lowest BCUT2D eigenvalue weighted by atomic mass is 10.1. The van der Waals surface area contributed by atoms with E-state index in [2.05, 4.69) is 31.9 Å². The van der Waals surface area contributed by atoms with Gasteiger partial charge in [-0.15, -0.1) is 0 Å². The zero-order chi connectivity index (χ0) is 15.6. The van der Waals surface area contributed by atoms with Crippen LogP contribution in [0.3, 0.4) is 0 Å². The van der Waals surface area contributed by atoms with Gasteiger partial charge >= 0.3 is 0 Å². The first-order valence-corrected chi connectivity index (χ1v) is 8.19. The van der Waals surface area contributed by atoms with Crippen LogP contribution in [-0.4, -0.2) is 6.04 Å². The summed E-state index contributed by atoms with van der Waals surface area (Å²) in [6, 6.07) is 8.49. The quantitative estimate of drug-likeness (QED) is 0.624. The maximum Gasteiger partial charge on any atom is 0.145 e. The summed E-state index contributed by atoms with van der Waals surface area (Å²) >= 11 is 12.5. The molecule has 6 heteroatoms. The molecule has 2 nitrogen and oxygen atoms in total. The van der Waals surface area contributed by atoms with Gasteiger partial charge in [-0.2, -0.15) is 0 Å². The lowest BCUT2D eigenvalue weighted by molar-refractivity contribution is 0.470. The first kappa shape index (κ1) is 16.7. The van der Waals surface area contributed by atoms with E-state index in [1.807, 2.05) is 25.1 Å². The van der Waals surface area contributed by atoms with E-state index >= 15 is 0 Å². The smallest absolute Gasteiger partial charge is 0.145 e. The van der Waals surface area contributed by atoms with Crippen molar-refractivity contribution in [2.45, 2.75) is 19.4 Å². The Kier molecular flexibility index (Phi) is 5.66. The second-order valence-electron chi connectivity index (χ2n) is 4.74. The Morgan fingerprint density at radius 2 is 1.86 bits per heavy atom. The summed E-state index contributed by atoms with van der Waals surface area (Å²) in [5.74, 6) is 0.419. The fraction of sp³-hybridized carbons (Fsp3) is 0.200. The molecule has 0 amide bonds. The molecule has 21 heavy (non-hydrogen) atoms. The van der Waals surface area contributed by atoms with E-state index in [1.54, 1.807) is 0 Å². The summed E-state index contributed by atoms with van der Waals surface area (Å²) in [7, 11) is 0. The molecule has 112 valence electrons. The van der Waals surface area contributed by atoms with E-state index in [0.29, 0.717) is 16.0 Å². The highest BCUT2D eigenvalue weighted by Gasteiger charge is 2.11. The molecule has 0 heterocycles. The van der Waals surface area contributed by atoms with Gasteiger partial charge in [-0.25, -0.2) is 4.39 Å². The third-order valence-electron chi connectivity index (χ3n) is 2.75. The summed E-state index contributed by atoms with van der Waals surface area (Å²) in [5, 5.41) is 0.0422. The van der Waals surface area contributed by atoms with Crippen molar-refractivity contribution < 1.29 is 9.13 Å². The molecular weight excluding hydrogens is 424 g/mol. The minimum absolute atomic E-state index is 0.0422. The van der Waals surface area contributed by atoms with Crippen LogP contribution >= 0.6 is 43.5 Å². The van der Waals surface area contributed by atoms with Crippen LogP contribution in [-0.2, 0) is 6.42 Å². The molecule has 0 saturated heterocycles. The predicted octanol–water partition coefficient (Wildman–Crippen LogP) is 5.69. The van der Waals surface area contributed by atoms with Crippen molar-refractivity contribution >= 4 is 43.5 Å². The molecule has 0 aliphatic carbocycles. The molecule has 2 rings (SSSR count). The minimum Gasteiger partial charge on any atom is -0.455 e. The van der Waals surface area contributed by atoms with Gasteiger partial charge in [0.1, 0.15) is 17.3 Å². The Balaban J connectivity index is 2.26. The maximum absolute atomic E-state index is 13.5. The highest BCUT2D eigenvalue weighted by molar-refractivity contribution is 9.11. The zero-order valence-corrected chi connectivity index (χ0v) is 15.1. The molecule has 2 aromatic rings. The molecule has 0 radical (unpaired) electrons. The van der Waals surface area contributed by atoms with Gasteiger partial charge < -0.3 is 10.5 Å². The number of nitrogens with two attached hydrogens (primary N) is 1. The van der Waals surface area contributed by atoms with E-state index in [1.165, 1.54) is 12.1 Å². The molecule has 0 fully saturated rings. The SMILES string of the molecule is CC(N)Cc1ccc(Oc2cc(F)c(Cl)cc2Br)c(Br)c1. The summed E-state index contributed by atoms with van der Waals surface area (Å²) in [5.41, 5.74) is 6.88. The number of halogens is 4. The predicted molar refractivity (Wildman–Crippen MR) is 90.7 cm³/mol. The van der Waals surface area contributed by atoms with Gasteiger partial charge in [0.05, 0.1) is 14.0 Å². The average molecular weight is 438 g/mol. The van der Waals surface area contributed by atoms with E-state index in [-0.39, 0.29) is 11.1 Å². The molecular formula is C15H13Br2ClFNO. The Hall–Kier alpha value is -0.620. The molecule has 0 bridgehead atoms. The highest BCUT2D eigenvalue weighted by atomic mass is 79.9. The normalized spacial score (nSPS) is 12.3. The second-order valence-corrected chi connectivity index (χ2v) is 6.86. The van der Waals surface area contributed by atoms with Gasteiger partial charge in [0.15, 0.2) is 0 Å². The fourth-order valence-electron chi connectivity index (χ4n) is 1.83. The molecule has 2 aromatic carbocycles. The van der Waals surface area contributed by atoms with E-state index in [4.69, 9.17) is 22.1 Å². The Morgan fingerprint density at radius 3 is 2.48 bits per heavy atom. The summed E-state index contributed by atoms with van der Waals surface area (Å²) in [4.78, 5) is 0. The second kappa shape index (κ2) is 7.09. The summed E-state index contributed by atoms with van der Waals surface area (Å²) < 4.78 is 20.6. The zero-order valence-electron chi connectivity index (χ0n) is 11.2. The van der Waals surface area contributed by atoms with Crippen molar-refractivity contribution in [3.05, 3.63) is 55.7 Å². The molecule has 0 aliphatic rings. The number of rotatable bonds is 4. The van der Waals surface area contributed by atoms with Gasteiger partial charge in [-0.05, 0) is 69.0 Å². The summed E-state index contributed by atoms with van der Waals surface area (Å²) in [6.07, 6.45) is 0.776. The van der Waals surface area contributed by atoms with Crippen LogP contribution in [0.4, 0.5) is 4.39 Å². The lowest BCUT2D eigenvalue weighted by Crippen LogP contribution is -2.17. The number of hydrogen-bond acceptors (Lipinski definition) is 2. The van der Waals surface area contributed by atoms with Crippen molar-refractivity contribution in [3.63, 3.8) is 0 Å². The monoisotopic (exact) mass is 435 g/mol. The minimum atomic E-state index is -0.528. The van der Waals surface area contributed by atoms with Crippen molar-refractivity contribution in [1.82, 2.24) is 0 Å². The fourth-order valence-corrected chi connectivity index (χ4v) is 3.05. The molecule has 0 aromatic heterocycles. The first-order valence-electron chi connectivity index (χ1n) is 6.23. The molecule has 0 spiro atoms. The first-order chi connectivity index (χ1) is 9.86. The average Bonchev–Trinajstić information content (AvgIpc) is 2.38. The number of ether oxygens (including phenoxy) is 1. The van der Waals surface area contributed by atoms with Crippen LogP contribution in [0.15, 0.2) is 39.3 Å². The van der Waals surface area contributed by atoms with Gasteiger partial charge in [-0.3, -0.25) is 0 Å². The van der Waals surface area contributed by atoms with Crippen molar-refractivity contribution in [3.8, 4) is 11.5 Å². The van der Waals surface area contributed by atoms with Crippen LogP contribution in [0.1, 0.15) is 12.5 Å². The van der Waals surface area contributed by atoms with Crippen molar-refractivity contribution in [1.29, 1.82) is 0 Å². The number of benzene rings is 2. The van der Waals surface area contributed by atoms with Crippen LogP contribution < -0.4 is 10.5 Å². The van der Waals surface area contributed by atoms with E-state index in [9.17, 15) is 4.39 Å². The van der Waals surface area contributed by atoms with Crippen LogP contribution in [0.2, 0.25) is 5.02 Å². The largest absolute Gasteiger partial charge is 0.455 e. The van der Waals surface area contributed by atoms with E-state index < -0.39 is 5.82 Å². The Morgan fingerprint density at radius 1 is 1.19 bits per heavy atom. The van der Waals surface area contributed by atoms with Crippen molar-refractivity contribution in [2.75, 3.05) is 0 Å². The molecule has 0 saturated carbocycles. The Labute approximate surface area is 144 Å². The van der Waals surface area contributed by atoms with Crippen LogP contribution in [0, 0.1) is 5.82 Å². The highest BCUT2D eigenvalue weighted by Crippen LogP contribution is 2.36. The van der Waals surface area contributed by atoms with Gasteiger partial charge in [-0.1, -0.05) is 17.7 Å². The standard InChI is InChI=1S/C15H13Br2ClFNO/c1-8(20)4-9-2-3-14(10(16)5-9)21-15-7-13(19)12(18)6-11(15)17/h2-3,5-8H,4,20H2,1H3. The van der Waals surface area contributed by atoms with Gasteiger partial charge in [0.25, 0.3) is 0 Å². The molecule has 2 N–H and O–H groups in total. The number of hydrogen-bond donors (Lipinski definition) is 1. The topological polar surface area (TPSA) is 35.2 Å². The van der Waals surface area contributed by atoms with Gasteiger partial charge in [0.2, 0.25) is 0 Å². The molecule has 0 aliphatic heterocycles. The third kappa shape index (κ3) is 4.42. The maximum atomic E-state index is 13.5. The Bertz CT molecular complexity index is 664. The lowest BCUT2D eigenvalue weighted by Gasteiger charge is -2.12. The van der Waals surface area contributed by atoms with Crippen LogP contribution in [0.25, 0.3) is 0 Å². The molecule has 1 unspecified atom stereocenters. The third-order valence-corrected chi connectivity index (χ3v) is 4.28.